The average Bonchev–Trinajstić information content (AvgIpc) is 3.94. The van der Waals surface area contributed by atoms with Crippen LogP contribution in [0, 0.1) is 5.41 Å². The fraction of sp³-hybridized carbons (Fsp3) is 0.288. The van der Waals surface area contributed by atoms with Crippen molar-refractivity contribution in [3.8, 4) is 22.9 Å². The summed E-state index contributed by atoms with van der Waals surface area (Å²) in [6.07, 6.45) is 1.00. The van der Waals surface area contributed by atoms with Gasteiger partial charge in [-0.3, -0.25) is 0 Å². The third-order valence-corrected chi connectivity index (χ3v) is 13.5. The molecule has 0 saturated carbocycles. The molecule has 0 aliphatic rings. The maximum Gasteiger partial charge on any atom is 0.147 e. The van der Waals surface area contributed by atoms with Crippen molar-refractivity contribution in [2.45, 2.75) is 104 Å². The van der Waals surface area contributed by atoms with Crippen molar-refractivity contribution in [1.29, 1.82) is 0 Å². The van der Waals surface area contributed by atoms with Crippen LogP contribution in [0.2, 0.25) is 0 Å². The number of benzene rings is 7. The second kappa shape index (κ2) is 17.6. The lowest BCUT2D eigenvalue weighted by atomic mass is 9.70. The van der Waals surface area contributed by atoms with Crippen LogP contribution in [-0.4, -0.2) is 40.2 Å². The lowest BCUT2D eigenvalue weighted by Gasteiger charge is -2.35. The summed E-state index contributed by atoms with van der Waals surface area (Å²) in [5.41, 5.74) is 10.8. The number of hydrogen-bond donors (Lipinski definition) is 2. The van der Waals surface area contributed by atoms with Crippen LogP contribution >= 0.6 is 0 Å². The van der Waals surface area contributed by atoms with Crippen LogP contribution < -0.4 is 0 Å². The minimum absolute atomic E-state index is 0.102. The number of rotatable bonds is 10. The van der Waals surface area contributed by atoms with E-state index in [1.165, 1.54) is 11.1 Å². The van der Waals surface area contributed by atoms with Gasteiger partial charge < -0.3 is 10.2 Å². The quantitative estimate of drug-likeness (QED) is 0.142. The molecule has 0 radical (unpaired) electrons. The number of nitrogens with zero attached hydrogens (tertiary/aromatic N) is 6. The molecule has 0 aliphatic carbocycles. The molecule has 0 spiro atoms. The van der Waals surface area contributed by atoms with Gasteiger partial charge in [0.2, 0.25) is 0 Å². The highest BCUT2D eigenvalue weighted by molar-refractivity contribution is 5.75. The summed E-state index contributed by atoms with van der Waals surface area (Å²) in [5.74, 6) is 0.418. The Morgan fingerprint density at radius 2 is 0.657 bits per heavy atom. The predicted octanol–water partition coefficient (Wildman–Crippen LogP) is 13.9. The Balaban J connectivity index is 0.000000182. The molecule has 0 unspecified atom stereocenters. The molecular formula is C59H64N6O2. The number of aromatic nitrogens is 6. The number of phenolic OH excluding ortho intramolecular Hbond substituents is 2. The van der Waals surface area contributed by atoms with Crippen molar-refractivity contribution in [2.24, 2.45) is 5.41 Å². The summed E-state index contributed by atoms with van der Waals surface area (Å²) in [7, 11) is 0. The van der Waals surface area contributed by atoms with E-state index in [1.54, 1.807) is 9.59 Å². The van der Waals surface area contributed by atoms with Crippen LogP contribution in [0.4, 0.5) is 0 Å². The van der Waals surface area contributed by atoms with Gasteiger partial charge in [-0.05, 0) is 81.5 Å². The number of phenols is 2. The van der Waals surface area contributed by atoms with Crippen LogP contribution in [0.1, 0.15) is 122 Å². The molecule has 0 amide bonds. The van der Waals surface area contributed by atoms with Crippen LogP contribution in [-0.2, 0) is 21.7 Å². The van der Waals surface area contributed by atoms with Crippen molar-refractivity contribution >= 4 is 22.1 Å². The topological polar surface area (TPSA) is 102 Å². The van der Waals surface area contributed by atoms with E-state index >= 15 is 0 Å². The van der Waals surface area contributed by atoms with Gasteiger partial charge in [0, 0.05) is 27.4 Å². The lowest BCUT2D eigenvalue weighted by molar-refractivity contribution is 0.283. The summed E-state index contributed by atoms with van der Waals surface area (Å²) >= 11 is 0. The van der Waals surface area contributed by atoms with Gasteiger partial charge in [-0.15, -0.1) is 30.0 Å². The van der Waals surface area contributed by atoms with E-state index in [0.29, 0.717) is 11.4 Å². The second-order valence-corrected chi connectivity index (χ2v) is 21.3. The summed E-state index contributed by atoms with van der Waals surface area (Å²) in [6, 6.07) is 55.0. The van der Waals surface area contributed by atoms with Gasteiger partial charge >= 0.3 is 0 Å². The summed E-state index contributed by atoms with van der Waals surface area (Å²) in [5, 5.41) is 41.9. The van der Waals surface area contributed by atoms with Crippen molar-refractivity contribution in [1.82, 2.24) is 30.0 Å². The molecule has 0 atom stereocenters. The summed E-state index contributed by atoms with van der Waals surface area (Å²) in [6.45, 7) is 24.4. The highest BCUT2D eigenvalue weighted by Gasteiger charge is 2.35. The highest BCUT2D eigenvalue weighted by Crippen LogP contribution is 2.46. The van der Waals surface area contributed by atoms with Crippen molar-refractivity contribution in [3.63, 3.8) is 0 Å². The van der Waals surface area contributed by atoms with E-state index in [0.717, 1.165) is 56.3 Å². The van der Waals surface area contributed by atoms with Gasteiger partial charge in [-0.2, -0.15) is 0 Å². The molecule has 2 heterocycles. The average molecular weight is 889 g/mol. The first-order chi connectivity index (χ1) is 31.7. The first-order valence-corrected chi connectivity index (χ1v) is 23.2. The Hall–Kier alpha value is -7.06. The zero-order valence-corrected chi connectivity index (χ0v) is 40.9. The molecule has 2 aromatic heterocycles. The maximum atomic E-state index is 11.6. The Kier molecular flexibility index (Phi) is 12.2. The van der Waals surface area contributed by atoms with Crippen molar-refractivity contribution in [3.05, 3.63) is 203 Å². The van der Waals surface area contributed by atoms with Crippen LogP contribution in [0.15, 0.2) is 164 Å². The number of aromatic hydroxyl groups is 2. The monoisotopic (exact) mass is 889 g/mol. The summed E-state index contributed by atoms with van der Waals surface area (Å²) < 4.78 is 0. The van der Waals surface area contributed by atoms with Gasteiger partial charge in [-0.25, -0.2) is 0 Å². The molecule has 0 bridgehead atoms. The Labute approximate surface area is 396 Å². The van der Waals surface area contributed by atoms with Gasteiger partial charge in [0.15, 0.2) is 0 Å². The standard InChI is InChI=1S/C30H29N3O.C29H35N3O/c1-29(2,21-13-7-5-8-14-21)23-19-24(30(3,4)22-15-9-6-10-16-22)28(34)27(20-23)33-31-25-17-11-12-18-26(25)32-33;1-27(2,3)19-28(4,5)21-17-22(29(6,7)20-13-9-8-10-14-20)26(33)25(18-21)32-30-23-15-11-12-16-24(23)31-32/h5-20,34H,1-4H3;8-18,33H,19H2,1-7H3. The SMILES string of the molecule is CC(C)(C)CC(C)(C)c1cc(-n2nc3ccccc3n2)c(O)c(C(C)(C)c2ccccc2)c1.CC(C)(c1ccccc1)c1cc(-n2nc3ccccc3n2)c(O)c(C(C)(C)c2ccccc2)c1. The van der Waals surface area contributed by atoms with Gasteiger partial charge in [0.05, 0.1) is 0 Å². The van der Waals surface area contributed by atoms with Gasteiger partial charge in [0.1, 0.15) is 44.9 Å². The second-order valence-electron chi connectivity index (χ2n) is 21.3. The third-order valence-electron chi connectivity index (χ3n) is 13.5. The van der Waals surface area contributed by atoms with Crippen molar-refractivity contribution < 1.29 is 10.2 Å². The van der Waals surface area contributed by atoms with E-state index in [1.807, 2.05) is 97.1 Å². The molecule has 342 valence electrons. The fourth-order valence-electron chi connectivity index (χ4n) is 9.65. The molecule has 9 rings (SSSR count). The molecular weight excluding hydrogens is 825 g/mol. The van der Waals surface area contributed by atoms with E-state index in [2.05, 4.69) is 163 Å². The molecule has 8 heteroatoms. The Morgan fingerprint density at radius 1 is 0.358 bits per heavy atom. The van der Waals surface area contributed by atoms with Crippen LogP contribution in [0.3, 0.4) is 0 Å². The normalized spacial score (nSPS) is 12.6. The first-order valence-electron chi connectivity index (χ1n) is 23.2. The Bertz CT molecular complexity index is 3090. The molecule has 7 aromatic carbocycles. The van der Waals surface area contributed by atoms with Crippen molar-refractivity contribution in [2.75, 3.05) is 0 Å². The molecule has 67 heavy (non-hydrogen) atoms. The largest absolute Gasteiger partial charge is 0.505 e. The smallest absolute Gasteiger partial charge is 0.147 e. The fourth-order valence-corrected chi connectivity index (χ4v) is 9.65. The van der Waals surface area contributed by atoms with E-state index in [-0.39, 0.29) is 27.7 Å². The predicted molar refractivity (Wildman–Crippen MR) is 274 cm³/mol. The minimum atomic E-state index is -0.435. The van der Waals surface area contributed by atoms with Gasteiger partial charge in [-0.1, -0.05) is 204 Å². The Morgan fingerprint density at radius 3 is 1.00 bits per heavy atom. The number of fused-ring (bicyclic) bond motifs is 2. The number of hydrogen-bond acceptors (Lipinski definition) is 6. The summed E-state index contributed by atoms with van der Waals surface area (Å²) in [4.78, 5) is 3.15. The molecule has 8 nitrogen and oxygen atoms in total. The third kappa shape index (κ3) is 9.35. The van der Waals surface area contributed by atoms with Gasteiger partial charge in [0.25, 0.3) is 0 Å². The maximum absolute atomic E-state index is 11.6. The first kappa shape index (κ1) is 46.5. The van der Waals surface area contributed by atoms with Crippen LogP contribution in [0.25, 0.3) is 33.4 Å². The molecule has 9 aromatic rings. The molecule has 0 fully saturated rings. The molecule has 0 aliphatic heterocycles. The van der Waals surface area contributed by atoms with E-state index < -0.39 is 10.8 Å². The zero-order chi connectivity index (χ0) is 47.9. The van der Waals surface area contributed by atoms with E-state index in [9.17, 15) is 10.2 Å². The highest BCUT2D eigenvalue weighted by atomic mass is 16.3. The van der Waals surface area contributed by atoms with Crippen LogP contribution in [0.5, 0.6) is 11.5 Å². The van der Waals surface area contributed by atoms with E-state index in [4.69, 9.17) is 0 Å². The zero-order valence-electron chi connectivity index (χ0n) is 40.9. The molecule has 2 N–H and O–H groups in total. The minimum Gasteiger partial charge on any atom is -0.505 e. The molecule has 0 saturated heterocycles. The lowest BCUT2D eigenvalue weighted by Crippen LogP contribution is -2.27.